The topological polar surface area (TPSA) is 101 Å². The largest absolute Gasteiger partial charge is 0.370 e. The number of hydrogen-bond donors (Lipinski definition) is 2. The molecule has 134 valence electrons. The average Bonchev–Trinajstić information content (AvgIpc) is 3.23. The summed E-state index contributed by atoms with van der Waals surface area (Å²) in [7, 11) is 0. The number of anilines is 1. The molecule has 0 aliphatic rings. The maximum absolute atomic E-state index is 11.9. The minimum absolute atomic E-state index is 0.165. The smallest absolute Gasteiger partial charge is 0.251 e. The van der Waals surface area contributed by atoms with E-state index in [4.69, 9.17) is 0 Å². The molecule has 0 fully saturated rings. The van der Waals surface area contributed by atoms with Crippen LogP contribution in [0.2, 0.25) is 0 Å². The number of H-pyrrole nitrogens is 1. The van der Waals surface area contributed by atoms with Crippen LogP contribution in [0.25, 0.3) is 17.2 Å². The monoisotopic (exact) mass is 359 g/mol. The molecule has 8 nitrogen and oxygen atoms in total. The Hall–Kier alpha value is -3.81. The van der Waals surface area contributed by atoms with Gasteiger partial charge in [-0.1, -0.05) is 30.3 Å². The standard InChI is InChI=1S/C19H17N7O/c27-18-11-15(24-19(25-18)14-5-2-1-3-6-14)7-9-20-16-12-17(22-13-21-16)26-10-4-8-23-26/h1-6,8,10-13H,7,9H2,(H,20,21,22)(H,24,25,27). The zero-order chi connectivity index (χ0) is 18.5. The molecule has 0 radical (unpaired) electrons. The Kier molecular flexibility index (Phi) is 4.69. The molecule has 4 rings (SSSR count). The first-order valence-electron chi connectivity index (χ1n) is 8.49. The summed E-state index contributed by atoms with van der Waals surface area (Å²) in [6.07, 6.45) is 5.58. The summed E-state index contributed by atoms with van der Waals surface area (Å²) in [6.45, 7) is 0.584. The highest BCUT2D eigenvalue weighted by Gasteiger charge is 2.05. The number of aromatic amines is 1. The van der Waals surface area contributed by atoms with Crippen molar-refractivity contribution in [3.05, 3.63) is 83.3 Å². The number of benzene rings is 1. The van der Waals surface area contributed by atoms with Crippen molar-refractivity contribution in [1.29, 1.82) is 0 Å². The van der Waals surface area contributed by atoms with Crippen molar-refractivity contribution in [2.24, 2.45) is 0 Å². The Morgan fingerprint density at radius 1 is 1.07 bits per heavy atom. The molecule has 0 spiro atoms. The minimum atomic E-state index is -0.165. The summed E-state index contributed by atoms with van der Waals surface area (Å²) in [5, 5.41) is 7.38. The molecule has 0 saturated heterocycles. The fourth-order valence-corrected chi connectivity index (χ4v) is 2.66. The summed E-state index contributed by atoms with van der Waals surface area (Å²) in [6, 6.07) is 14.7. The first kappa shape index (κ1) is 16.6. The SMILES string of the molecule is O=c1cc(CCNc2cc(-n3cccn3)ncn2)nc(-c2ccccc2)[nH]1. The third kappa shape index (κ3) is 4.06. The van der Waals surface area contributed by atoms with E-state index in [1.165, 1.54) is 12.4 Å². The first-order chi connectivity index (χ1) is 13.3. The second kappa shape index (κ2) is 7.61. The van der Waals surface area contributed by atoms with Crippen LogP contribution < -0.4 is 10.9 Å². The van der Waals surface area contributed by atoms with Crippen LogP contribution in [0.1, 0.15) is 5.69 Å². The lowest BCUT2D eigenvalue weighted by atomic mass is 10.2. The van der Waals surface area contributed by atoms with Crippen LogP contribution in [0.5, 0.6) is 0 Å². The Morgan fingerprint density at radius 2 is 1.96 bits per heavy atom. The summed E-state index contributed by atoms with van der Waals surface area (Å²) < 4.78 is 1.66. The van der Waals surface area contributed by atoms with Gasteiger partial charge in [0.05, 0.1) is 5.69 Å². The normalized spacial score (nSPS) is 10.7. The molecule has 0 aliphatic carbocycles. The predicted octanol–water partition coefficient (Wildman–Crippen LogP) is 2.07. The molecule has 0 atom stereocenters. The molecule has 0 bridgehead atoms. The van der Waals surface area contributed by atoms with Gasteiger partial charge in [0.2, 0.25) is 0 Å². The van der Waals surface area contributed by atoms with Crippen molar-refractivity contribution < 1.29 is 0 Å². The Bertz CT molecular complexity index is 1070. The lowest BCUT2D eigenvalue weighted by Crippen LogP contribution is -2.14. The second-order valence-electron chi connectivity index (χ2n) is 5.84. The number of nitrogens with zero attached hydrogens (tertiary/aromatic N) is 5. The van der Waals surface area contributed by atoms with E-state index in [0.717, 1.165) is 5.56 Å². The van der Waals surface area contributed by atoms with E-state index in [2.05, 4.69) is 30.4 Å². The Balaban J connectivity index is 1.45. The highest BCUT2D eigenvalue weighted by atomic mass is 16.1. The maximum Gasteiger partial charge on any atom is 0.251 e. The molecule has 3 aromatic heterocycles. The van der Waals surface area contributed by atoms with Crippen LogP contribution >= 0.6 is 0 Å². The number of nitrogens with one attached hydrogen (secondary N) is 2. The predicted molar refractivity (Wildman–Crippen MR) is 102 cm³/mol. The molecule has 2 N–H and O–H groups in total. The third-order valence-corrected chi connectivity index (χ3v) is 3.92. The van der Waals surface area contributed by atoms with Crippen molar-refractivity contribution in [1.82, 2.24) is 29.7 Å². The summed E-state index contributed by atoms with van der Waals surface area (Å²) >= 11 is 0. The highest BCUT2D eigenvalue weighted by molar-refractivity contribution is 5.54. The fraction of sp³-hybridized carbons (Fsp3) is 0.105. The molecule has 4 aromatic rings. The van der Waals surface area contributed by atoms with Gasteiger partial charge in [-0.3, -0.25) is 4.79 Å². The summed E-state index contributed by atoms with van der Waals surface area (Å²) in [5.41, 5.74) is 1.43. The van der Waals surface area contributed by atoms with E-state index < -0.39 is 0 Å². The lowest BCUT2D eigenvalue weighted by Gasteiger charge is -2.08. The van der Waals surface area contributed by atoms with E-state index in [9.17, 15) is 4.79 Å². The number of rotatable bonds is 6. The van der Waals surface area contributed by atoms with E-state index in [-0.39, 0.29) is 5.56 Å². The molecular weight excluding hydrogens is 342 g/mol. The average molecular weight is 359 g/mol. The molecule has 0 amide bonds. The number of aromatic nitrogens is 6. The van der Waals surface area contributed by atoms with Crippen molar-refractivity contribution >= 4 is 5.82 Å². The molecule has 0 saturated carbocycles. The van der Waals surface area contributed by atoms with E-state index in [1.54, 1.807) is 10.9 Å². The van der Waals surface area contributed by atoms with Gasteiger partial charge >= 0.3 is 0 Å². The van der Waals surface area contributed by atoms with Gasteiger partial charge in [0.1, 0.15) is 18.0 Å². The van der Waals surface area contributed by atoms with Gasteiger partial charge in [0.15, 0.2) is 5.82 Å². The van der Waals surface area contributed by atoms with Crippen molar-refractivity contribution in [3.63, 3.8) is 0 Å². The zero-order valence-corrected chi connectivity index (χ0v) is 14.4. The van der Waals surface area contributed by atoms with Crippen LogP contribution in [0.15, 0.2) is 72.0 Å². The Morgan fingerprint density at radius 3 is 2.78 bits per heavy atom. The zero-order valence-electron chi connectivity index (χ0n) is 14.4. The van der Waals surface area contributed by atoms with Crippen molar-refractivity contribution in [2.75, 3.05) is 11.9 Å². The second-order valence-corrected chi connectivity index (χ2v) is 5.84. The highest BCUT2D eigenvalue weighted by Crippen LogP contribution is 2.13. The fourth-order valence-electron chi connectivity index (χ4n) is 2.66. The molecule has 1 aromatic carbocycles. The van der Waals surface area contributed by atoms with Crippen LogP contribution in [-0.2, 0) is 6.42 Å². The molecule has 0 unspecified atom stereocenters. The van der Waals surface area contributed by atoms with Crippen molar-refractivity contribution in [3.8, 4) is 17.2 Å². The summed E-state index contributed by atoms with van der Waals surface area (Å²) in [5.74, 6) is 1.93. The van der Waals surface area contributed by atoms with E-state index >= 15 is 0 Å². The van der Waals surface area contributed by atoms with E-state index in [1.807, 2.05) is 48.7 Å². The third-order valence-electron chi connectivity index (χ3n) is 3.92. The van der Waals surface area contributed by atoms with Gasteiger partial charge in [-0.2, -0.15) is 5.10 Å². The van der Waals surface area contributed by atoms with Gasteiger partial charge in [-0.25, -0.2) is 19.6 Å². The molecule has 0 aliphatic heterocycles. The first-order valence-corrected chi connectivity index (χ1v) is 8.49. The van der Waals surface area contributed by atoms with Gasteiger partial charge in [0, 0.05) is 43.1 Å². The van der Waals surface area contributed by atoms with Gasteiger partial charge in [-0.15, -0.1) is 0 Å². The van der Waals surface area contributed by atoms with Crippen molar-refractivity contribution in [2.45, 2.75) is 6.42 Å². The van der Waals surface area contributed by atoms with Crippen LogP contribution in [0.3, 0.4) is 0 Å². The molecule has 3 heterocycles. The van der Waals surface area contributed by atoms with Crippen LogP contribution in [0.4, 0.5) is 5.82 Å². The Labute approximate surface area is 155 Å². The number of hydrogen-bond acceptors (Lipinski definition) is 6. The van der Waals surface area contributed by atoms with Gasteiger partial charge in [0.25, 0.3) is 5.56 Å². The molecule has 8 heteroatoms. The molecule has 27 heavy (non-hydrogen) atoms. The van der Waals surface area contributed by atoms with Gasteiger partial charge in [-0.05, 0) is 6.07 Å². The summed E-state index contributed by atoms with van der Waals surface area (Å²) in [4.78, 5) is 27.7. The van der Waals surface area contributed by atoms with Crippen LogP contribution in [-0.4, -0.2) is 36.3 Å². The lowest BCUT2D eigenvalue weighted by molar-refractivity contribution is 0.838. The quantitative estimate of drug-likeness (QED) is 0.546. The van der Waals surface area contributed by atoms with Gasteiger partial charge < -0.3 is 10.3 Å². The van der Waals surface area contributed by atoms with Crippen LogP contribution in [0, 0.1) is 0 Å². The molecular formula is C19H17N7O. The maximum atomic E-state index is 11.9. The minimum Gasteiger partial charge on any atom is -0.370 e. The van der Waals surface area contributed by atoms with E-state index in [0.29, 0.717) is 36.1 Å².